The van der Waals surface area contributed by atoms with Crippen LogP contribution >= 0.6 is 0 Å². The van der Waals surface area contributed by atoms with Crippen LogP contribution in [0.5, 0.6) is 23.0 Å². The Kier molecular flexibility index (Phi) is 19.7. The topological polar surface area (TPSA) is 58.9 Å². The maximum atomic E-state index is 12.4. The zero-order chi connectivity index (χ0) is 51.4. The normalized spacial score (nSPS) is 16.8. The van der Waals surface area contributed by atoms with E-state index in [4.69, 9.17) is 9.47 Å². The number of allylic oxidation sites excluding steroid dienone is 8. The van der Waals surface area contributed by atoms with Gasteiger partial charge in [0, 0.05) is 39.8 Å². The van der Waals surface area contributed by atoms with Gasteiger partial charge >= 0.3 is 26.2 Å². The molecule has 4 nitrogen and oxygen atoms in total. The third-order valence-corrected chi connectivity index (χ3v) is 14.5. The van der Waals surface area contributed by atoms with Crippen molar-refractivity contribution in [3.63, 3.8) is 0 Å². The summed E-state index contributed by atoms with van der Waals surface area (Å²) in [5, 5.41) is 24.8. The summed E-state index contributed by atoms with van der Waals surface area (Å²) in [6.45, 7) is 46.0. The van der Waals surface area contributed by atoms with Gasteiger partial charge in [0.1, 0.15) is 23.0 Å². The first-order chi connectivity index (χ1) is 31.6. The monoisotopic (exact) mass is 1050 g/mol. The fourth-order valence-corrected chi connectivity index (χ4v) is 9.58. The SMILES string of the molecule is Cc1cc(C2=CC(C(C)(C)C)=CC(C(C)(C)C)C2)c(O)c(-c2cc(C(C)(C)C)ccc2OCCCOc2ccc(C(C)(C)C)cc2-c2cc(C)cc(C3=CC(C(C)(C)C)=CC(C(C)(C)C)C3)c2O)c1.[CH3-].[CH3-].[Zr+2]. The quantitative estimate of drug-likeness (QED) is 0.123. The van der Waals surface area contributed by atoms with Crippen LogP contribution in [0.2, 0.25) is 0 Å². The molecular weight excluding hydrogens is 960 g/mol. The van der Waals surface area contributed by atoms with Crippen LogP contribution in [0.25, 0.3) is 33.4 Å². The van der Waals surface area contributed by atoms with Gasteiger partial charge in [-0.2, -0.15) is 0 Å². The zero-order valence-electron chi connectivity index (χ0n) is 49.0. The fraction of sp³-hybridized carbons (Fsp3) is 0.493. The molecule has 4 aromatic carbocycles. The van der Waals surface area contributed by atoms with Crippen molar-refractivity contribution < 1.29 is 45.9 Å². The first-order valence-electron chi connectivity index (χ1n) is 25.7. The second kappa shape index (κ2) is 22.8. The van der Waals surface area contributed by atoms with Crippen molar-refractivity contribution >= 4 is 11.1 Å². The molecule has 2 aliphatic carbocycles. The Labute approximate surface area is 459 Å². The van der Waals surface area contributed by atoms with Gasteiger partial charge in [0.05, 0.1) is 13.2 Å². The molecule has 72 heavy (non-hydrogen) atoms. The summed E-state index contributed by atoms with van der Waals surface area (Å²) >= 11 is 0. The maximum absolute atomic E-state index is 12.4. The minimum atomic E-state index is -0.108. The number of phenolic OH excluding ortho intramolecular Hbond substituents is 2. The molecule has 2 unspecified atom stereocenters. The Balaban J connectivity index is 0.00000456. The van der Waals surface area contributed by atoms with E-state index in [1.54, 1.807) is 0 Å². The minimum absolute atomic E-state index is 0. The molecule has 0 bridgehead atoms. The number of benzene rings is 4. The molecule has 0 saturated carbocycles. The summed E-state index contributed by atoms with van der Waals surface area (Å²) in [5.74, 6) is 2.74. The molecule has 0 saturated heterocycles. The molecular formula is C67H94O4Zr. The van der Waals surface area contributed by atoms with Gasteiger partial charge < -0.3 is 34.5 Å². The summed E-state index contributed by atoms with van der Waals surface area (Å²) in [6.07, 6.45) is 11.9. The molecule has 6 rings (SSSR count). The number of aromatic hydroxyl groups is 2. The van der Waals surface area contributed by atoms with E-state index in [1.165, 1.54) is 33.4 Å². The summed E-state index contributed by atoms with van der Waals surface area (Å²) in [5.41, 5.74) is 14.5. The molecule has 0 aliphatic heterocycles. The van der Waals surface area contributed by atoms with E-state index >= 15 is 0 Å². The zero-order valence-corrected chi connectivity index (χ0v) is 51.4. The van der Waals surface area contributed by atoms with Crippen molar-refractivity contribution in [2.75, 3.05) is 13.2 Å². The van der Waals surface area contributed by atoms with Crippen molar-refractivity contribution in [1.82, 2.24) is 0 Å². The summed E-state index contributed by atoms with van der Waals surface area (Å²) < 4.78 is 13.4. The van der Waals surface area contributed by atoms with Gasteiger partial charge in [-0.1, -0.05) is 161 Å². The number of rotatable bonds is 10. The van der Waals surface area contributed by atoms with E-state index in [0.29, 0.717) is 43.0 Å². The molecule has 4 aromatic rings. The van der Waals surface area contributed by atoms with Crippen LogP contribution in [-0.2, 0) is 37.0 Å². The van der Waals surface area contributed by atoms with Crippen LogP contribution in [0.1, 0.15) is 177 Å². The van der Waals surface area contributed by atoms with Crippen LogP contribution in [0, 0.1) is 62.2 Å². The third kappa shape index (κ3) is 14.6. The number of aryl methyl sites for hydroxylation is 2. The summed E-state index contributed by atoms with van der Waals surface area (Å²) in [6, 6.07) is 21.4. The third-order valence-electron chi connectivity index (χ3n) is 14.5. The van der Waals surface area contributed by atoms with Gasteiger partial charge in [-0.15, -0.1) is 0 Å². The molecule has 0 aromatic heterocycles. The summed E-state index contributed by atoms with van der Waals surface area (Å²) in [7, 11) is 0. The minimum Gasteiger partial charge on any atom is -0.507 e. The molecule has 0 spiro atoms. The molecule has 5 heteroatoms. The molecule has 390 valence electrons. The molecule has 0 fully saturated rings. The van der Waals surface area contributed by atoms with Gasteiger partial charge in [0.2, 0.25) is 0 Å². The number of phenols is 2. The van der Waals surface area contributed by atoms with Crippen molar-refractivity contribution in [3.8, 4) is 45.3 Å². The Bertz CT molecular complexity index is 2490. The Morgan fingerprint density at radius 3 is 1.06 bits per heavy atom. The van der Waals surface area contributed by atoms with E-state index in [9.17, 15) is 10.2 Å². The number of ether oxygens (including phenoxy) is 2. The number of hydrogen-bond donors (Lipinski definition) is 2. The fourth-order valence-electron chi connectivity index (χ4n) is 9.58. The van der Waals surface area contributed by atoms with E-state index in [-0.39, 0.29) is 73.5 Å². The van der Waals surface area contributed by atoms with Gasteiger partial charge in [-0.25, -0.2) is 0 Å². The Morgan fingerprint density at radius 2 is 0.764 bits per heavy atom. The van der Waals surface area contributed by atoms with Crippen LogP contribution in [0.3, 0.4) is 0 Å². The standard InChI is InChI=1S/C65H88O4.2CH3.Zr/c1-40-28-50(42-32-46(62(9,10)11)36-47(33-42)63(12,13)14)58(66)54(30-40)52-38-44(60(3,4)5)22-24-56(52)68-26-21-27-69-57-25-23-45(61(6,7)8)39-53(57)55-31-41(2)29-51(59(55)67)43-34-48(64(15,16)17)37-49(35-43)65(18,19)20;;;/h22-25,28-32,34,36-39,47,49,66-67H,21,26-27,33,35H2,1-20H3;2*1H3;/q;2*-1;+2. The second-order valence-corrected chi connectivity index (χ2v) is 26.8. The van der Waals surface area contributed by atoms with Crippen LogP contribution in [-0.4, -0.2) is 23.4 Å². The van der Waals surface area contributed by atoms with Gasteiger partial charge in [0.15, 0.2) is 0 Å². The largest absolute Gasteiger partial charge is 2.00 e. The maximum Gasteiger partial charge on any atom is 2.00 e. The van der Waals surface area contributed by atoms with Crippen LogP contribution in [0.15, 0.2) is 96.1 Å². The van der Waals surface area contributed by atoms with Crippen molar-refractivity contribution in [2.24, 2.45) is 33.5 Å². The van der Waals surface area contributed by atoms with Gasteiger partial charge in [0.25, 0.3) is 0 Å². The second-order valence-electron chi connectivity index (χ2n) is 26.8. The number of hydrogen-bond acceptors (Lipinski definition) is 4. The first-order valence-corrected chi connectivity index (χ1v) is 25.7. The van der Waals surface area contributed by atoms with E-state index in [1.807, 2.05) is 0 Å². The van der Waals surface area contributed by atoms with E-state index in [0.717, 1.165) is 68.8 Å². The average Bonchev–Trinajstić information content (AvgIpc) is 3.22. The Hall–Kier alpha value is -4.08. The summed E-state index contributed by atoms with van der Waals surface area (Å²) in [4.78, 5) is 0. The van der Waals surface area contributed by atoms with Gasteiger partial charge in [-0.05, 0) is 164 Å². The van der Waals surface area contributed by atoms with Crippen molar-refractivity contribution in [3.05, 3.63) is 144 Å². The average molecular weight is 1050 g/mol. The van der Waals surface area contributed by atoms with Crippen molar-refractivity contribution in [2.45, 2.75) is 169 Å². The smallest absolute Gasteiger partial charge is 0.507 e. The molecule has 0 amide bonds. The predicted molar refractivity (Wildman–Crippen MR) is 309 cm³/mol. The van der Waals surface area contributed by atoms with Crippen LogP contribution < -0.4 is 9.47 Å². The molecule has 0 radical (unpaired) electrons. The van der Waals surface area contributed by atoms with E-state index in [2.05, 4.69) is 223 Å². The molecule has 2 N–H and O–H groups in total. The van der Waals surface area contributed by atoms with E-state index < -0.39 is 0 Å². The first kappa shape index (κ1) is 62.2. The molecule has 2 aliphatic rings. The molecule has 0 heterocycles. The van der Waals surface area contributed by atoms with Crippen LogP contribution in [0.4, 0.5) is 0 Å². The molecule has 2 atom stereocenters. The van der Waals surface area contributed by atoms with Gasteiger partial charge in [-0.3, -0.25) is 0 Å². The van der Waals surface area contributed by atoms with Crippen molar-refractivity contribution in [1.29, 1.82) is 0 Å². The predicted octanol–water partition coefficient (Wildman–Crippen LogP) is 19.2. The Morgan fingerprint density at radius 1 is 0.444 bits per heavy atom.